The molecule has 0 amide bonds. The zero-order valence-corrected chi connectivity index (χ0v) is 11.6. The van der Waals surface area contributed by atoms with Crippen LogP contribution in [0.25, 0.3) is 0 Å². The van der Waals surface area contributed by atoms with Gasteiger partial charge in [-0.2, -0.15) is 0 Å². The molecule has 0 unspecified atom stereocenters. The fourth-order valence-electron chi connectivity index (χ4n) is 2.09. The first-order valence-electron chi connectivity index (χ1n) is 7.89. The van der Waals surface area contributed by atoms with Crippen LogP contribution in [0.3, 0.4) is 0 Å². The van der Waals surface area contributed by atoms with Crippen molar-refractivity contribution in [3.63, 3.8) is 0 Å². The smallest absolute Gasteiger partial charge is 0.324 e. The highest BCUT2D eigenvalue weighted by Gasteiger charge is 2.51. The predicted octanol–water partition coefficient (Wildman–Crippen LogP) is 2.79. The van der Waals surface area contributed by atoms with E-state index < -0.39 is 24.2 Å². The Balaban J connectivity index is 3.04. The fourth-order valence-corrected chi connectivity index (χ4v) is 2.09. The van der Waals surface area contributed by atoms with Crippen molar-refractivity contribution in [1.82, 2.24) is 0 Å². The summed E-state index contributed by atoms with van der Waals surface area (Å²) in [4.78, 5) is 24.5. The molecule has 1 rings (SSSR count). The molecule has 0 fully saturated rings. The summed E-state index contributed by atoms with van der Waals surface area (Å²) >= 11 is 0. The van der Waals surface area contributed by atoms with Gasteiger partial charge in [-0.05, 0) is 46.0 Å². The number of carbonyl (C=O) groups excluding carboxylic acids is 2. The molecule has 0 radical (unpaired) electrons. The van der Waals surface area contributed by atoms with Crippen molar-refractivity contribution < 1.29 is 23.2 Å². The van der Waals surface area contributed by atoms with Gasteiger partial charge < -0.3 is 9.47 Å². The third kappa shape index (κ3) is 3.06. The Hall–Kier alpha value is -1.58. The van der Waals surface area contributed by atoms with Crippen LogP contribution in [-0.4, -0.2) is 25.2 Å². The quantitative estimate of drug-likeness (QED) is 0.569. The average molecular weight is 269 g/mol. The van der Waals surface area contributed by atoms with Crippen molar-refractivity contribution in [2.24, 2.45) is 5.41 Å². The van der Waals surface area contributed by atoms with Crippen LogP contribution in [0.15, 0.2) is 23.3 Å². The zero-order valence-electron chi connectivity index (χ0n) is 14.6. The van der Waals surface area contributed by atoms with Gasteiger partial charge in [0.25, 0.3) is 0 Å². The van der Waals surface area contributed by atoms with E-state index in [0.717, 1.165) is 6.08 Å². The molecule has 0 bridgehead atoms. The summed E-state index contributed by atoms with van der Waals surface area (Å²) in [7, 11) is 0. The number of rotatable bonds is 5. The molecule has 0 aromatic rings. The minimum atomic E-state index is -2.20. The molecule has 4 nitrogen and oxygen atoms in total. The van der Waals surface area contributed by atoms with Crippen LogP contribution in [0, 0.1) is 5.41 Å². The monoisotopic (exact) mass is 269 g/mol. The molecule has 0 aliphatic heterocycles. The lowest BCUT2D eigenvalue weighted by Crippen LogP contribution is -2.40. The summed E-state index contributed by atoms with van der Waals surface area (Å²) in [6.07, 6.45) is 3.13. The van der Waals surface area contributed by atoms with Gasteiger partial charge in [-0.25, -0.2) is 0 Å². The van der Waals surface area contributed by atoms with E-state index >= 15 is 0 Å². The van der Waals surface area contributed by atoms with E-state index in [0.29, 0.717) is 11.1 Å². The molecule has 0 saturated carbocycles. The number of hydrogen-bond donors (Lipinski definition) is 0. The van der Waals surface area contributed by atoms with Gasteiger partial charge in [0.1, 0.15) is 0 Å². The van der Waals surface area contributed by atoms with Gasteiger partial charge in [0, 0.05) is 4.11 Å². The Bertz CT molecular complexity index is 485. The van der Waals surface area contributed by atoms with E-state index in [9.17, 15) is 9.59 Å². The molecule has 0 saturated heterocycles. The van der Waals surface area contributed by atoms with Crippen LogP contribution in [0.5, 0.6) is 0 Å². The van der Waals surface area contributed by atoms with Crippen LogP contribution < -0.4 is 0 Å². The first-order valence-corrected chi connectivity index (χ1v) is 6.39. The fraction of sp³-hybridized carbons (Fsp3) is 0.600. The van der Waals surface area contributed by atoms with E-state index in [-0.39, 0.29) is 26.1 Å². The second-order valence-corrected chi connectivity index (χ2v) is 4.46. The molecular weight excluding hydrogens is 244 g/mol. The van der Waals surface area contributed by atoms with Crippen LogP contribution >= 0.6 is 0 Å². The second-order valence-electron chi connectivity index (χ2n) is 4.46. The number of carbonyl (C=O) groups is 2. The average Bonchev–Trinajstić information content (AvgIpc) is 2.83. The van der Waals surface area contributed by atoms with Crippen LogP contribution in [0.2, 0.25) is 0 Å². The van der Waals surface area contributed by atoms with E-state index in [1.165, 1.54) is 0 Å². The highest BCUT2D eigenvalue weighted by atomic mass is 16.6. The highest BCUT2D eigenvalue weighted by molar-refractivity contribution is 6.01. The van der Waals surface area contributed by atoms with Crippen LogP contribution in [0.4, 0.5) is 0 Å². The Labute approximate surface area is 118 Å². The molecule has 4 heteroatoms. The summed E-state index contributed by atoms with van der Waals surface area (Å²) < 4.78 is 31.9. The summed E-state index contributed by atoms with van der Waals surface area (Å²) in [5.74, 6) is -1.25. The van der Waals surface area contributed by atoms with Crippen LogP contribution in [-0.2, 0) is 19.1 Å². The number of esters is 2. The lowest BCUT2D eigenvalue weighted by molar-refractivity contribution is -0.171. The molecule has 0 heterocycles. The van der Waals surface area contributed by atoms with E-state index in [2.05, 4.69) is 0 Å². The summed E-state index contributed by atoms with van der Waals surface area (Å²) in [6, 6.07) is 0. The van der Waals surface area contributed by atoms with Crippen molar-refractivity contribution >= 4 is 11.9 Å². The summed E-state index contributed by atoms with van der Waals surface area (Å²) in [6.45, 7) is 3.12. The van der Waals surface area contributed by atoms with Crippen molar-refractivity contribution in [2.75, 3.05) is 13.2 Å². The first-order chi connectivity index (χ1) is 10.2. The Morgan fingerprint density at radius 3 is 2.42 bits per heavy atom. The lowest BCUT2D eigenvalue weighted by atomic mass is 9.83. The van der Waals surface area contributed by atoms with Gasteiger partial charge in [0.2, 0.25) is 0 Å². The molecular formula is C15H22O4. The minimum Gasteiger partial charge on any atom is -0.465 e. The van der Waals surface area contributed by atoms with E-state index in [1.54, 1.807) is 26.8 Å². The molecule has 106 valence electrons. The lowest BCUT2D eigenvalue weighted by Gasteiger charge is -2.24. The van der Waals surface area contributed by atoms with Gasteiger partial charge in [0.15, 0.2) is 5.41 Å². The SMILES string of the molecule is [2H]C([2H])([2H])/C=C(\C)C1=CCC(C(=O)OCC)(C(=O)OCC)C1. The molecule has 1 aliphatic carbocycles. The van der Waals surface area contributed by atoms with E-state index in [4.69, 9.17) is 13.6 Å². The molecule has 0 spiro atoms. The van der Waals surface area contributed by atoms with Crippen molar-refractivity contribution in [1.29, 1.82) is 0 Å². The number of hydrogen-bond acceptors (Lipinski definition) is 4. The normalized spacial score (nSPS) is 20.9. The maximum Gasteiger partial charge on any atom is 0.324 e. The molecule has 0 atom stereocenters. The standard InChI is InChI=1S/C15H22O4/c1-5-11(4)12-8-9-15(10-12,13(16)18-6-2)14(17)19-7-3/h5,8H,6-7,9-10H2,1-4H3/b11-5+/i1D3. The largest absolute Gasteiger partial charge is 0.465 e. The predicted molar refractivity (Wildman–Crippen MR) is 72.4 cm³/mol. The van der Waals surface area contributed by atoms with Gasteiger partial charge in [-0.1, -0.05) is 17.7 Å². The molecule has 1 aliphatic rings. The third-order valence-electron chi connectivity index (χ3n) is 3.24. The van der Waals surface area contributed by atoms with Crippen molar-refractivity contribution in [3.05, 3.63) is 23.3 Å². The zero-order chi connectivity index (χ0) is 17.0. The molecule has 0 N–H and O–H groups in total. The van der Waals surface area contributed by atoms with E-state index in [1.807, 2.05) is 0 Å². The number of allylic oxidation sites excluding steroid dienone is 4. The second kappa shape index (κ2) is 6.55. The van der Waals surface area contributed by atoms with Crippen LogP contribution in [0.1, 0.15) is 44.6 Å². The Morgan fingerprint density at radius 2 is 1.95 bits per heavy atom. The Morgan fingerprint density at radius 1 is 1.37 bits per heavy atom. The number of ether oxygens (including phenoxy) is 2. The highest BCUT2D eigenvalue weighted by Crippen LogP contribution is 2.42. The molecule has 0 aromatic carbocycles. The maximum absolute atomic E-state index is 12.2. The topological polar surface area (TPSA) is 52.6 Å². The summed E-state index contributed by atoms with van der Waals surface area (Å²) in [5, 5.41) is 0. The minimum absolute atomic E-state index is 0.100. The van der Waals surface area contributed by atoms with Gasteiger partial charge in [0.05, 0.1) is 13.2 Å². The Kier molecular flexibility index (Phi) is 3.88. The van der Waals surface area contributed by atoms with Gasteiger partial charge >= 0.3 is 11.9 Å². The van der Waals surface area contributed by atoms with Crippen molar-refractivity contribution in [2.45, 2.75) is 40.5 Å². The first kappa shape index (κ1) is 11.3. The maximum atomic E-state index is 12.2. The third-order valence-corrected chi connectivity index (χ3v) is 3.24. The molecule has 19 heavy (non-hydrogen) atoms. The van der Waals surface area contributed by atoms with Crippen molar-refractivity contribution in [3.8, 4) is 0 Å². The van der Waals surface area contributed by atoms with Gasteiger partial charge in [-0.3, -0.25) is 9.59 Å². The van der Waals surface area contributed by atoms with Gasteiger partial charge in [-0.15, -0.1) is 0 Å². The summed E-state index contributed by atoms with van der Waals surface area (Å²) in [5.41, 5.74) is -0.196. The molecule has 0 aromatic heterocycles.